The van der Waals surface area contributed by atoms with Crippen molar-refractivity contribution in [3.05, 3.63) is 76.6 Å². The zero-order valence-electron chi connectivity index (χ0n) is 23.7. The van der Waals surface area contributed by atoms with Crippen molar-refractivity contribution in [1.29, 1.82) is 0 Å². The van der Waals surface area contributed by atoms with E-state index in [1.165, 1.54) is 18.7 Å². The van der Waals surface area contributed by atoms with Crippen LogP contribution in [0.3, 0.4) is 0 Å². The number of piperidine rings is 1. The van der Waals surface area contributed by atoms with Gasteiger partial charge in [-0.1, -0.05) is 43.5 Å². The van der Waals surface area contributed by atoms with Gasteiger partial charge in [-0.15, -0.1) is 11.3 Å². The average Bonchev–Trinajstić information content (AvgIpc) is 3.52. The first-order valence-electron chi connectivity index (χ1n) is 14.6. The molecular weight excluding hydrogens is 571 g/mol. The van der Waals surface area contributed by atoms with Crippen molar-refractivity contribution in [2.24, 2.45) is 11.1 Å². The molecule has 42 heavy (non-hydrogen) atoms. The number of hydrogen-bond donors (Lipinski definition) is 3. The van der Waals surface area contributed by atoms with E-state index in [2.05, 4.69) is 15.0 Å². The van der Waals surface area contributed by atoms with Crippen molar-refractivity contribution in [3.63, 3.8) is 0 Å². The summed E-state index contributed by atoms with van der Waals surface area (Å²) in [5.74, 6) is -0.0291. The van der Waals surface area contributed by atoms with Gasteiger partial charge in [0.2, 0.25) is 11.8 Å². The summed E-state index contributed by atoms with van der Waals surface area (Å²) in [6.45, 7) is 0.939. The van der Waals surface area contributed by atoms with Gasteiger partial charge in [0.25, 0.3) is 10.0 Å². The molecule has 3 heterocycles. The summed E-state index contributed by atoms with van der Waals surface area (Å²) in [6, 6.07) is 15.4. The number of nitrogens with zero attached hydrogens (tertiary/aromatic N) is 2. The maximum absolute atomic E-state index is 13.9. The van der Waals surface area contributed by atoms with E-state index >= 15 is 0 Å². The fourth-order valence-corrected chi connectivity index (χ4v) is 7.76. The molecule has 2 amide bonds. The molecule has 2 fully saturated rings. The Morgan fingerprint density at radius 3 is 2.40 bits per heavy atom. The Balaban J connectivity index is 1.28. The lowest BCUT2D eigenvalue weighted by molar-refractivity contribution is -0.141. The molecule has 2 aromatic heterocycles. The summed E-state index contributed by atoms with van der Waals surface area (Å²) in [4.78, 5) is 33.9. The van der Waals surface area contributed by atoms with E-state index in [1.54, 1.807) is 40.5 Å². The maximum atomic E-state index is 13.9. The molecule has 1 aliphatic carbocycles. The van der Waals surface area contributed by atoms with Gasteiger partial charge in [-0.25, -0.2) is 4.98 Å². The van der Waals surface area contributed by atoms with Crippen molar-refractivity contribution >= 4 is 38.9 Å². The van der Waals surface area contributed by atoms with Crippen molar-refractivity contribution in [2.45, 2.75) is 74.9 Å². The van der Waals surface area contributed by atoms with E-state index in [0.717, 1.165) is 36.1 Å². The molecule has 1 saturated carbocycles. The monoisotopic (exact) mass is 609 g/mol. The fourth-order valence-electron chi connectivity index (χ4n) is 5.99. The van der Waals surface area contributed by atoms with Gasteiger partial charge in [0.15, 0.2) is 5.03 Å². The lowest BCUT2D eigenvalue weighted by Crippen LogP contribution is -2.55. The molecule has 224 valence electrons. The summed E-state index contributed by atoms with van der Waals surface area (Å²) in [5.41, 5.74) is 6.98. The molecule has 0 spiro atoms. The summed E-state index contributed by atoms with van der Waals surface area (Å²) in [6.07, 6.45) is 8.97. The Hall–Kier alpha value is -3.28. The smallest absolute Gasteiger partial charge is 0.279 e. The van der Waals surface area contributed by atoms with Crippen LogP contribution in [0.1, 0.15) is 55.4 Å². The Morgan fingerprint density at radius 1 is 1.02 bits per heavy atom. The highest BCUT2D eigenvalue weighted by Crippen LogP contribution is 2.37. The Bertz CT molecular complexity index is 1430. The molecule has 0 bridgehead atoms. The minimum absolute atomic E-state index is 0.0457. The zero-order chi connectivity index (χ0) is 29.6. The summed E-state index contributed by atoms with van der Waals surface area (Å²) in [5, 5.41) is 5.27. The molecule has 2 aliphatic rings. The van der Waals surface area contributed by atoms with Gasteiger partial charge in [-0.3, -0.25) is 14.3 Å². The number of carbonyl (C=O) groups excluding carboxylic acids is 2. The van der Waals surface area contributed by atoms with Gasteiger partial charge in [0.1, 0.15) is 0 Å². The molecule has 5 rings (SSSR count). The first-order valence-corrected chi connectivity index (χ1v) is 17.0. The van der Waals surface area contributed by atoms with Gasteiger partial charge < -0.3 is 16.0 Å². The number of aromatic nitrogens is 1. The third kappa shape index (κ3) is 7.37. The highest BCUT2D eigenvalue weighted by atomic mass is 32.2. The number of amides is 2. The number of likely N-dealkylation sites (tertiary alicyclic amines) is 1. The van der Waals surface area contributed by atoms with Crippen LogP contribution < -0.4 is 15.8 Å². The van der Waals surface area contributed by atoms with Gasteiger partial charge in [-0.05, 0) is 73.4 Å². The van der Waals surface area contributed by atoms with Crippen LogP contribution in [-0.4, -0.2) is 55.3 Å². The van der Waals surface area contributed by atoms with Crippen molar-refractivity contribution in [3.8, 4) is 0 Å². The van der Waals surface area contributed by atoms with Crippen molar-refractivity contribution < 1.29 is 18.0 Å². The standard InChI is InChI=1S/C31H39N5O4S2/c32-27(21-26-9-6-20-41-26)29(37)36-18-15-31(16-19-36,30(38)34-24-7-2-1-3-8-24)22-23-11-13-25(14-12-23)35-42(39,40)28-10-4-5-17-33-28/h4-6,9-14,17,20,24,27,35H,1-3,7-8,15-16,18-19,21-22,32H2,(H,34,38). The molecule has 0 radical (unpaired) electrons. The molecule has 1 aromatic carbocycles. The molecular formula is C31H39N5O4S2. The third-order valence-corrected chi connectivity index (χ3v) is 10.6. The zero-order valence-corrected chi connectivity index (χ0v) is 25.3. The topological polar surface area (TPSA) is 134 Å². The number of benzene rings is 1. The molecule has 1 atom stereocenters. The van der Waals surface area contributed by atoms with Crippen LogP contribution in [0.2, 0.25) is 0 Å². The summed E-state index contributed by atoms with van der Waals surface area (Å²) in [7, 11) is -3.81. The van der Waals surface area contributed by atoms with Gasteiger partial charge in [0, 0.05) is 42.3 Å². The number of carbonyl (C=O) groups is 2. The SMILES string of the molecule is NC(Cc1cccs1)C(=O)N1CCC(Cc2ccc(NS(=O)(=O)c3ccccn3)cc2)(C(=O)NC2CCCCC2)CC1. The molecule has 3 aromatic rings. The van der Waals surface area contributed by atoms with Crippen LogP contribution in [0.25, 0.3) is 0 Å². The number of thiophene rings is 1. The largest absolute Gasteiger partial charge is 0.353 e. The number of rotatable bonds is 10. The Morgan fingerprint density at radius 2 is 1.76 bits per heavy atom. The third-order valence-electron chi connectivity index (χ3n) is 8.43. The van der Waals surface area contributed by atoms with Gasteiger partial charge in [-0.2, -0.15) is 8.42 Å². The lowest BCUT2D eigenvalue weighted by atomic mass is 9.72. The first kappa shape index (κ1) is 30.2. The van der Waals surface area contributed by atoms with Crippen LogP contribution in [0.5, 0.6) is 0 Å². The number of hydrogen-bond acceptors (Lipinski definition) is 7. The van der Waals surface area contributed by atoms with Crippen LogP contribution in [0, 0.1) is 5.41 Å². The molecule has 4 N–H and O–H groups in total. The predicted octanol–water partition coefficient (Wildman–Crippen LogP) is 4.11. The van der Waals surface area contributed by atoms with Gasteiger partial charge >= 0.3 is 0 Å². The van der Waals surface area contributed by atoms with Crippen LogP contribution in [-0.2, 0) is 32.5 Å². The Kier molecular flexibility index (Phi) is 9.60. The summed E-state index contributed by atoms with van der Waals surface area (Å²) >= 11 is 1.59. The van der Waals surface area contributed by atoms with E-state index in [4.69, 9.17) is 5.73 Å². The number of nitrogens with two attached hydrogens (primary N) is 1. The predicted molar refractivity (Wildman–Crippen MR) is 164 cm³/mol. The number of pyridine rings is 1. The van der Waals surface area contributed by atoms with E-state index in [9.17, 15) is 18.0 Å². The molecule has 9 nitrogen and oxygen atoms in total. The van der Waals surface area contributed by atoms with Crippen LogP contribution in [0.15, 0.2) is 71.2 Å². The highest BCUT2D eigenvalue weighted by molar-refractivity contribution is 7.92. The molecule has 11 heteroatoms. The van der Waals surface area contributed by atoms with E-state index in [1.807, 2.05) is 29.6 Å². The number of sulfonamides is 1. The highest BCUT2D eigenvalue weighted by Gasteiger charge is 2.43. The van der Waals surface area contributed by atoms with Gasteiger partial charge in [0.05, 0.1) is 11.5 Å². The first-order chi connectivity index (χ1) is 20.2. The fraction of sp³-hybridized carbons (Fsp3) is 0.452. The second-order valence-electron chi connectivity index (χ2n) is 11.5. The lowest BCUT2D eigenvalue weighted by Gasteiger charge is -2.42. The minimum Gasteiger partial charge on any atom is -0.353 e. The molecule has 1 aliphatic heterocycles. The molecule has 1 unspecified atom stereocenters. The molecule has 1 saturated heterocycles. The van der Waals surface area contributed by atoms with Crippen LogP contribution >= 0.6 is 11.3 Å². The number of nitrogens with one attached hydrogen (secondary N) is 2. The summed E-state index contributed by atoms with van der Waals surface area (Å²) < 4.78 is 27.9. The van der Waals surface area contributed by atoms with E-state index in [0.29, 0.717) is 44.5 Å². The maximum Gasteiger partial charge on any atom is 0.279 e. The number of anilines is 1. The van der Waals surface area contributed by atoms with Crippen molar-refractivity contribution in [1.82, 2.24) is 15.2 Å². The second-order valence-corrected chi connectivity index (χ2v) is 14.1. The van der Waals surface area contributed by atoms with Crippen molar-refractivity contribution in [2.75, 3.05) is 17.8 Å². The second kappa shape index (κ2) is 13.4. The average molecular weight is 610 g/mol. The minimum atomic E-state index is -3.81. The Labute approximate surface area is 252 Å². The van der Waals surface area contributed by atoms with E-state index in [-0.39, 0.29) is 22.9 Å². The van der Waals surface area contributed by atoms with E-state index < -0.39 is 21.5 Å². The quantitative estimate of drug-likeness (QED) is 0.317. The van der Waals surface area contributed by atoms with Crippen LogP contribution in [0.4, 0.5) is 5.69 Å². The normalized spacial score (nSPS) is 18.3.